The van der Waals surface area contributed by atoms with E-state index in [1.54, 1.807) is 31.3 Å². The maximum atomic E-state index is 13.4. The Hall–Kier alpha value is -2.63. The first-order valence-electron chi connectivity index (χ1n) is 7.43. The van der Waals surface area contributed by atoms with Crippen LogP contribution in [0.2, 0.25) is 0 Å². The molecule has 122 valence electrons. The first kappa shape index (κ1) is 16.7. The summed E-state index contributed by atoms with van der Waals surface area (Å²) in [5, 5.41) is 5.42. The van der Waals surface area contributed by atoms with Gasteiger partial charge in [0.2, 0.25) is 5.88 Å². The lowest BCUT2D eigenvalue weighted by atomic mass is 10.1. The third kappa shape index (κ3) is 4.95. The summed E-state index contributed by atoms with van der Waals surface area (Å²) in [6, 6.07) is 8.18. The van der Waals surface area contributed by atoms with Crippen LogP contribution in [-0.4, -0.2) is 17.6 Å². The van der Waals surface area contributed by atoms with Crippen LogP contribution in [0.5, 0.6) is 5.88 Å². The second-order valence-electron chi connectivity index (χ2n) is 5.02. The Bertz CT molecular complexity index is 677. The molecular formula is C17H20FN3O2. The van der Waals surface area contributed by atoms with E-state index < -0.39 is 0 Å². The Morgan fingerprint density at radius 1 is 1.26 bits per heavy atom. The number of benzene rings is 1. The second-order valence-corrected chi connectivity index (χ2v) is 5.02. The fraction of sp³-hybridized carbons (Fsp3) is 0.294. The minimum absolute atomic E-state index is 0.258. The summed E-state index contributed by atoms with van der Waals surface area (Å²) in [5.74, 6) is 0.234. The van der Waals surface area contributed by atoms with Gasteiger partial charge in [0.25, 0.3) is 0 Å². The Morgan fingerprint density at radius 2 is 2.04 bits per heavy atom. The molecular weight excluding hydrogens is 297 g/mol. The van der Waals surface area contributed by atoms with Gasteiger partial charge in [0.15, 0.2) is 0 Å². The van der Waals surface area contributed by atoms with E-state index in [-0.39, 0.29) is 18.4 Å². The van der Waals surface area contributed by atoms with Gasteiger partial charge < -0.3 is 15.4 Å². The summed E-state index contributed by atoms with van der Waals surface area (Å²) in [6.07, 6.45) is 1.64. The topological polar surface area (TPSA) is 63.2 Å². The van der Waals surface area contributed by atoms with E-state index in [2.05, 4.69) is 15.6 Å². The minimum atomic E-state index is -0.336. The molecule has 1 aromatic carbocycles. The Labute approximate surface area is 134 Å². The van der Waals surface area contributed by atoms with Crippen molar-refractivity contribution < 1.29 is 13.9 Å². The molecule has 0 fully saturated rings. The number of nitrogens with one attached hydrogen (secondary N) is 2. The summed E-state index contributed by atoms with van der Waals surface area (Å²) < 4.78 is 18.8. The molecule has 0 aliphatic heterocycles. The molecule has 6 heteroatoms. The number of hydrogen-bond acceptors (Lipinski definition) is 3. The highest BCUT2D eigenvalue weighted by Gasteiger charge is 2.07. The normalized spacial score (nSPS) is 10.2. The average molecular weight is 317 g/mol. The molecule has 0 radical (unpaired) electrons. The van der Waals surface area contributed by atoms with Crippen molar-refractivity contribution in [3.63, 3.8) is 0 Å². The van der Waals surface area contributed by atoms with Gasteiger partial charge in [0.05, 0.1) is 6.61 Å². The molecule has 1 heterocycles. The molecule has 23 heavy (non-hydrogen) atoms. The zero-order chi connectivity index (χ0) is 16.7. The molecule has 0 saturated carbocycles. The van der Waals surface area contributed by atoms with Gasteiger partial charge in [-0.1, -0.05) is 18.2 Å². The van der Waals surface area contributed by atoms with Crippen molar-refractivity contribution in [1.29, 1.82) is 0 Å². The number of carbonyl (C=O) groups excluding carboxylic acids is 1. The maximum absolute atomic E-state index is 13.4. The number of halogens is 1. The van der Waals surface area contributed by atoms with E-state index in [9.17, 15) is 9.18 Å². The van der Waals surface area contributed by atoms with Gasteiger partial charge in [0.1, 0.15) is 5.82 Å². The van der Waals surface area contributed by atoms with Crippen LogP contribution in [0.1, 0.15) is 23.6 Å². The Morgan fingerprint density at radius 3 is 2.78 bits per heavy atom. The smallest absolute Gasteiger partial charge is 0.315 e. The summed E-state index contributed by atoms with van der Waals surface area (Å²) in [6.45, 7) is 4.64. The zero-order valence-electron chi connectivity index (χ0n) is 13.2. The van der Waals surface area contributed by atoms with Gasteiger partial charge in [-0.15, -0.1) is 0 Å². The van der Waals surface area contributed by atoms with Gasteiger partial charge in [0, 0.05) is 24.8 Å². The number of amides is 2. The van der Waals surface area contributed by atoms with Crippen molar-refractivity contribution in [3.8, 4) is 5.88 Å². The molecule has 0 spiro atoms. The third-order valence-electron chi connectivity index (χ3n) is 3.26. The van der Waals surface area contributed by atoms with E-state index in [1.165, 1.54) is 6.07 Å². The van der Waals surface area contributed by atoms with Crippen molar-refractivity contribution in [2.45, 2.75) is 26.9 Å². The number of pyridine rings is 1. The standard InChI is InChI=1S/C17H20FN3O2/c1-3-23-16-14(5-4-8-19-16)11-21-17(22)20-10-13-7-6-12(2)15(18)9-13/h4-9H,3,10-11H2,1-2H3,(H2,20,21,22). The van der Waals surface area contributed by atoms with Crippen molar-refractivity contribution >= 4 is 6.03 Å². The molecule has 2 N–H and O–H groups in total. The first-order valence-corrected chi connectivity index (χ1v) is 7.43. The Kier molecular flexibility index (Phi) is 5.91. The average Bonchev–Trinajstić information content (AvgIpc) is 2.55. The van der Waals surface area contributed by atoms with E-state index in [0.29, 0.717) is 30.2 Å². The quantitative estimate of drug-likeness (QED) is 0.861. The Balaban J connectivity index is 1.84. The molecule has 5 nitrogen and oxygen atoms in total. The van der Waals surface area contributed by atoms with E-state index in [1.807, 2.05) is 13.0 Å². The van der Waals surface area contributed by atoms with Crippen LogP contribution < -0.4 is 15.4 Å². The van der Waals surface area contributed by atoms with E-state index >= 15 is 0 Å². The zero-order valence-corrected chi connectivity index (χ0v) is 13.2. The highest BCUT2D eigenvalue weighted by atomic mass is 19.1. The van der Waals surface area contributed by atoms with E-state index in [0.717, 1.165) is 5.56 Å². The number of carbonyl (C=O) groups is 1. The highest BCUT2D eigenvalue weighted by Crippen LogP contribution is 2.13. The number of hydrogen-bond donors (Lipinski definition) is 2. The molecule has 2 aromatic rings. The van der Waals surface area contributed by atoms with Crippen molar-refractivity contribution in [3.05, 3.63) is 59.0 Å². The van der Waals surface area contributed by atoms with Crippen LogP contribution in [0.3, 0.4) is 0 Å². The van der Waals surface area contributed by atoms with E-state index in [4.69, 9.17) is 4.74 Å². The largest absolute Gasteiger partial charge is 0.478 e. The third-order valence-corrected chi connectivity index (χ3v) is 3.26. The fourth-order valence-corrected chi connectivity index (χ4v) is 1.99. The summed E-state index contributed by atoms with van der Waals surface area (Å²) in [4.78, 5) is 16.0. The lowest BCUT2D eigenvalue weighted by Crippen LogP contribution is -2.34. The molecule has 0 atom stereocenters. The van der Waals surface area contributed by atoms with Crippen molar-refractivity contribution in [2.75, 3.05) is 6.61 Å². The summed E-state index contributed by atoms with van der Waals surface area (Å²) in [7, 11) is 0. The van der Waals surface area contributed by atoms with Gasteiger partial charge in [-0.3, -0.25) is 0 Å². The SMILES string of the molecule is CCOc1ncccc1CNC(=O)NCc1ccc(C)c(F)c1. The van der Waals surface area contributed by atoms with Gasteiger partial charge in [-0.05, 0) is 37.1 Å². The molecule has 0 saturated heterocycles. The second kappa shape index (κ2) is 8.12. The van der Waals surface area contributed by atoms with Crippen LogP contribution in [0, 0.1) is 12.7 Å². The van der Waals surface area contributed by atoms with Crippen LogP contribution in [0.15, 0.2) is 36.5 Å². The van der Waals surface area contributed by atoms with Crippen LogP contribution >= 0.6 is 0 Å². The number of nitrogens with zero attached hydrogens (tertiary/aromatic N) is 1. The minimum Gasteiger partial charge on any atom is -0.478 e. The highest BCUT2D eigenvalue weighted by molar-refractivity contribution is 5.73. The van der Waals surface area contributed by atoms with Gasteiger partial charge in [-0.25, -0.2) is 14.2 Å². The number of rotatable bonds is 6. The molecule has 1 aromatic heterocycles. The summed E-state index contributed by atoms with van der Waals surface area (Å²) in [5.41, 5.74) is 2.09. The first-order chi connectivity index (χ1) is 11.1. The number of ether oxygens (including phenoxy) is 1. The molecule has 2 amide bonds. The lowest BCUT2D eigenvalue weighted by Gasteiger charge is -2.11. The number of aromatic nitrogens is 1. The molecule has 0 aliphatic rings. The number of aryl methyl sites for hydroxylation is 1. The predicted octanol–water partition coefficient (Wildman–Crippen LogP) is 2.93. The monoisotopic (exact) mass is 317 g/mol. The number of urea groups is 1. The predicted molar refractivity (Wildman–Crippen MR) is 85.6 cm³/mol. The lowest BCUT2D eigenvalue weighted by molar-refractivity contribution is 0.240. The fourth-order valence-electron chi connectivity index (χ4n) is 1.99. The molecule has 0 aliphatic carbocycles. The van der Waals surface area contributed by atoms with Crippen molar-refractivity contribution in [1.82, 2.24) is 15.6 Å². The van der Waals surface area contributed by atoms with Crippen molar-refractivity contribution in [2.24, 2.45) is 0 Å². The van der Waals surface area contributed by atoms with Crippen LogP contribution in [-0.2, 0) is 13.1 Å². The maximum Gasteiger partial charge on any atom is 0.315 e. The summed E-state index contributed by atoms with van der Waals surface area (Å²) >= 11 is 0. The molecule has 0 unspecified atom stereocenters. The molecule has 2 rings (SSSR count). The van der Waals surface area contributed by atoms with Crippen LogP contribution in [0.25, 0.3) is 0 Å². The van der Waals surface area contributed by atoms with Gasteiger partial charge >= 0.3 is 6.03 Å². The van der Waals surface area contributed by atoms with Gasteiger partial charge in [-0.2, -0.15) is 0 Å². The molecule has 0 bridgehead atoms. The van der Waals surface area contributed by atoms with Crippen LogP contribution in [0.4, 0.5) is 9.18 Å².